The molecule has 0 spiro atoms. The van der Waals surface area contributed by atoms with Crippen LogP contribution in [0.2, 0.25) is 0 Å². The quantitative estimate of drug-likeness (QED) is 0.537. The Hall–Kier alpha value is -0.130. The molecule has 0 aromatic carbocycles. The molecule has 0 aliphatic heterocycles. The lowest BCUT2D eigenvalue weighted by molar-refractivity contribution is 0.294. The molecule has 0 saturated carbocycles. The number of unbranched alkanes of at least 4 members (excludes halogenated alkanes) is 1. The van der Waals surface area contributed by atoms with Crippen LogP contribution in [-0.2, 0) is 0 Å². The predicted octanol–water partition coefficient (Wildman–Crippen LogP) is 4.06. The van der Waals surface area contributed by atoms with Crippen molar-refractivity contribution in [3.05, 3.63) is 6.92 Å². The van der Waals surface area contributed by atoms with E-state index in [2.05, 4.69) is 34.6 Å². The highest BCUT2D eigenvalue weighted by molar-refractivity contribution is 4.66. The lowest BCUT2D eigenvalue weighted by Gasteiger charge is -2.22. The first-order chi connectivity index (χ1) is 4.95. The topological polar surface area (TPSA) is 0 Å². The van der Waals surface area contributed by atoms with Crippen molar-refractivity contribution in [3.8, 4) is 0 Å². The van der Waals surface area contributed by atoms with Crippen molar-refractivity contribution >= 4 is 0 Å². The molecule has 0 bridgehead atoms. The molecule has 0 aliphatic carbocycles. The Bertz CT molecular complexity index is 86.7. The third-order valence-corrected chi connectivity index (χ3v) is 1.91. The highest BCUT2D eigenvalue weighted by atomic mass is 14.2. The summed E-state index contributed by atoms with van der Waals surface area (Å²) in [7, 11) is 0. The van der Waals surface area contributed by atoms with Crippen LogP contribution in [0.25, 0.3) is 0 Å². The molecule has 1 atom stereocenters. The molecule has 1 unspecified atom stereocenters. The molecule has 0 aromatic heterocycles. The minimum absolute atomic E-state index is 0.501. The van der Waals surface area contributed by atoms with Gasteiger partial charge in [-0.15, -0.1) is 0 Å². The summed E-state index contributed by atoms with van der Waals surface area (Å²) in [6.07, 6.45) is 5.07. The van der Waals surface area contributed by atoms with Crippen LogP contribution in [0.4, 0.5) is 0 Å². The summed E-state index contributed by atoms with van der Waals surface area (Å²) in [5.41, 5.74) is 0.501. The van der Waals surface area contributed by atoms with E-state index >= 15 is 0 Å². The summed E-state index contributed by atoms with van der Waals surface area (Å²) in [6.45, 7) is 13.1. The number of hydrogen-bond acceptors (Lipinski definition) is 0. The zero-order chi connectivity index (χ0) is 8.91. The highest BCUT2D eigenvalue weighted by Crippen LogP contribution is 2.26. The first-order valence-electron chi connectivity index (χ1n) is 4.75. The fourth-order valence-electron chi connectivity index (χ4n) is 1.64. The molecule has 0 heteroatoms. The Labute approximate surface area is 72.4 Å². The maximum Gasteiger partial charge on any atom is 0.0850 e. The second-order valence-corrected chi connectivity index (χ2v) is 4.87. The van der Waals surface area contributed by atoms with Crippen LogP contribution in [0, 0.1) is 18.3 Å². The van der Waals surface area contributed by atoms with Gasteiger partial charge in [-0.3, -0.25) is 0 Å². The van der Waals surface area contributed by atoms with E-state index in [4.69, 9.17) is 0 Å². The zero-order valence-corrected chi connectivity index (χ0v) is 8.61. The summed E-state index contributed by atoms with van der Waals surface area (Å²) >= 11 is 0. The van der Waals surface area contributed by atoms with Crippen LogP contribution in [0.5, 0.6) is 0 Å². The van der Waals surface area contributed by atoms with Crippen LogP contribution >= 0.6 is 0 Å². The first kappa shape index (κ1) is 10.9. The van der Waals surface area contributed by atoms with E-state index < -0.39 is 0 Å². The highest BCUT2D eigenvalue weighted by Gasteiger charge is 2.14. The predicted molar refractivity (Wildman–Crippen MR) is 52.4 cm³/mol. The molecule has 0 saturated heterocycles. The van der Waals surface area contributed by atoms with Crippen LogP contribution in [0.15, 0.2) is 0 Å². The van der Waals surface area contributed by atoms with E-state index in [1.54, 1.807) is 0 Å². The molecule has 0 nitrogen and oxygen atoms in total. The third kappa shape index (κ3) is 7.77. The Balaban J connectivity index is 3.44. The smallest absolute Gasteiger partial charge is 0.0625 e. The van der Waals surface area contributed by atoms with Crippen molar-refractivity contribution in [3.63, 3.8) is 0 Å². The Morgan fingerprint density at radius 1 is 1.27 bits per heavy atom. The molecule has 0 radical (unpaired) electrons. The third-order valence-electron chi connectivity index (χ3n) is 1.91. The molecule has 11 heavy (non-hydrogen) atoms. The van der Waals surface area contributed by atoms with Crippen LogP contribution in [-0.4, -0.2) is 0 Å². The summed E-state index contributed by atoms with van der Waals surface area (Å²) in [5.74, 6) is 0.872. The van der Waals surface area contributed by atoms with Gasteiger partial charge < -0.3 is 0 Å². The van der Waals surface area contributed by atoms with E-state index in [9.17, 15) is 0 Å². The lowest BCUT2D eigenvalue weighted by atomic mass is 9.83. The number of rotatable bonds is 4. The minimum atomic E-state index is 0.501. The summed E-state index contributed by atoms with van der Waals surface area (Å²) in [4.78, 5) is 0. The van der Waals surface area contributed by atoms with Crippen LogP contribution in [0.3, 0.4) is 0 Å². The molecule has 0 heterocycles. The maximum atomic E-state index is 3.85. The van der Waals surface area contributed by atoms with Crippen molar-refractivity contribution in [1.29, 1.82) is 0 Å². The van der Waals surface area contributed by atoms with Gasteiger partial charge in [0.05, 0.1) is 13.3 Å². The van der Waals surface area contributed by atoms with Crippen LogP contribution in [0.1, 0.15) is 53.4 Å². The largest absolute Gasteiger partial charge is 0.0850 e. The molecule has 0 aromatic rings. The van der Waals surface area contributed by atoms with Crippen molar-refractivity contribution < 1.29 is 0 Å². The van der Waals surface area contributed by atoms with Gasteiger partial charge in [-0.2, -0.15) is 0 Å². The normalized spacial score (nSPS) is 14.9. The van der Waals surface area contributed by atoms with Gasteiger partial charge >= 0.3 is 0 Å². The van der Waals surface area contributed by atoms with Gasteiger partial charge in [0.25, 0.3) is 0 Å². The molecule has 0 amide bonds. The second kappa shape index (κ2) is 4.69. The SMILES string of the molecule is [CH2+]CCCC(C)CC(C)(C)C. The first-order valence-corrected chi connectivity index (χ1v) is 4.75. The van der Waals surface area contributed by atoms with Crippen molar-refractivity contribution in [2.45, 2.75) is 53.4 Å². The maximum absolute atomic E-state index is 3.85. The minimum Gasteiger partial charge on any atom is -0.0625 e. The van der Waals surface area contributed by atoms with Crippen LogP contribution < -0.4 is 0 Å². The standard InChI is InChI=1S/C11H23/c1-6-7-8-10(2)9-11(3,4)5/h10H,1,6-9H2,2-5H3/q+1. The molecule has 66 valence electrons. The molecular formula is C11H23+. The van der Waals surface area contributed by atoms with Crippen molar-refractivity contribution in [1.82, 2.24) is 0 Å². The average Bonchev–Trinajstić information content (AvgIpc) is 1.79. The van der Waals surface area contributed by atoms with E-state index in [0.717, 1.165) is 12.3 Å². The molecule has 0 rings (SSSR count). The Morgan fingerprint density at radius 2 is 1.82 bits per heavy atom. The lowest BCUT2D eigenvalue weighted by Crippen LogP contribution is -2.10. The average molecular weight is 155 g/mol. The van der Waals surface area contributed by atoms with Gasteiger partial charge in [0.15, 0.2) is 0 Å². The van der Waals surface area contributed by atoms with Gasteiger partial charge in [0.2, 0.25) is 0 Å². The van der Waals surface area contributed by atoms with E-state index in [-0.39, 0.29) is 0 Å². The van der Waals surface area contributed by atoms with Crippen molar-refractivity contribution in [2.24, 2.45) is 11.3 Å². The van der Waals surface area contributed by atoms with Gasteiger partial charge in [-0.05, 0) is 30.6 Å². The molecule has 0 N–H and O–H groups in total. The molecule has 0 aliphatic rings. The molecule has 0 fully saturated rings. The monoisotopic (exact) mass is 155 g/mol. The summed E-state index contributed by atoms with van der Waals surface area (Å²) < 4.78 is 0. The van der Waals surface area contributed by atoms with Gasteiger partial charge in [-0.25, -0.2) is 0 Å². The van der Waals surface area contributed by atoms with E-state index in [1.807, 2.05) is 0 Å². The second-order valence-electron chi connectivity index (χ2n) is 4.87. The Morgan fingerprint density at radius 3 is 2.18 bits per heavy atom. The fourth-order valence-corrected chi connectivity index (χ4v) is 1.64. The van der Waals surface area contributed by atoms with E-state index in [0.29, 0.717) is 5.41 Å². The fraction of sp³-hybridized carbons (Fsp3) is 0.909. The molecular weight excluding hydrogens is 132 g/mol. The summed E-state index contributed by atoms with van der Waals surface area (Å²) in [5, 5.41) is 0. The summed E-state index contributed by atoms with van der Waals surface area (Å²) in [6, 6.07) is 0. The van der Waals surface area contributed by atoms with Gasteiger partial charge in [-0.1, -0.05) is 27.7 Å². The van der Waals surface area contributed by atoms with E-state index in [1.165, 1.54) is 19.3 Å². The van der Waals surface area contributed by atoms with Crippen molar-refractivity contribution in [2.75, 3.05) is 0 Å². The van der Waals surface area contributed by atoms with Gasteiger partial charge in [0, 0.05) is 0 Å². The van der Waals surface area contributed by atoms with Gasteiger partial charge in [0.1, 0.15) is 0 Å². The Kier molecular flexibility index (Phi) is 4.63. The number of hydrogen-bond donors (Lipinski definition) is 0. The zero-order valence-electron chi connectivity index (χ0n) is 8.61.